The summed E-state index contributed by atoms with van der Waals surface area (Å²) in [6, 6.07) is 24.4. The van der Waals surface area contributed by atoms with Crippen LogP contribution in [0.15, 0.2) is 88.1 Å². The molecule has 1 heterocycles. The summed E-state index contributed by atoms with van der Waals surface area (Å²) in [5, 5.41) is 0.547. The van der Waals surface area contributed by atoms with Gasteiger partial charge < -0.3 is 4.90 Å². The van der Waals surface area contributed by atoms with E-state index in [0.29, 0.717) is 35.4 Å². The van der Waals surface area contributed by atoms with Gasteiger partial charge in [0, 0.05) is 17.4 Å². The van der Waals surface area contributed by atoms with Crippen molar-refractivity contribution in [3.8, 4) is 5.69 Å². The van der Waals surface area contributed by atoms with Crippen molar-refractivity contribution in [3.05, 3.63) is 105 Å². The van der Waals surface area contributed by atoms with Crippen molar-refractivity contribution < 1.29 is 4.79 Å². The number of para-hydroxylation sites is 1. The summed E-state index contributed by atoms with van der Waals surface area (Å²) in [5.41, 5.74) is 2.23. The summed E-state index contributed by atoms with van der Waals surface area (Å²) in [6.07, 6.45) is 1.19. The second-order valence-electron chi connectivity index (χ2n) is 8.04. The van der Waals surface area contributed by atoms with Crippen LogP contribution in [0.3, 0.4) is 0 Å². The van der Waals surface area contributed by atoms with Crippen LogP contribution in [0.25, 0.3) is 16.6 Å². The topological polar surface area (TPSA) is 55.2 Å². The molecule has 0 aliphatic heterocycles. The van der Waals surface area contributed by atoms with Gasteiger partial charge in [-0.3, -0.25) is 14.2 Å². The zero-order valence-corrected chi connectivity index (χ0v) is 20.3. The summed E-state index contributed by atoms with van der Waals surface area (Å²) < 4.78 is 2.56. The number of hydrogen-bond donors (Lipinski definition) is 0. The van der Waals surface area contributed by atoms with Crippen LogP contribution in [0.4, 0.5) is 0 Å². The Morgan fingerprint density at radius 2 is 1.67 bits per heavy atom. The van der Waals surface area contributed by atoms with Gasteiger partial charge in [-0.25, -0.2) is 4.98 Å². The van der Waals surface area contributed by atoms with Crippen LogP contribution in [-0.2, 0) is 11.3 Å². The number of nitrogens with zero attached hydrogens (tertiary/aromatic N) is 3. The molecule has 1 unspecified atom stereocenters. The van der Waals surface area contributed by atoms with Crippen LogP contribution in [0, 0.1) is 0 Å². The smallest absolute Gasteiger partial charge is 0.266 e. The average molecular weight is 504 g/mol. The first kappa shape index (κ1) is 22.9. The van der Waals surface area contributed by atoms with Gasteiger partial charge in [-0.2, -0.15) is 0 Å². The van der Waals surface area contributed by atoms with E-state index in [0.717, 1.165) is 16.5 Å². The zero-order valence-electron chi connectivity index (χ0n) is 18.7. The van der Waals surface area contributed by atoms with Gasteiger partial charge in [-0.1, -0.05) is 65.3 Å². The second kappa shape index (κ2) is 10.1. The minimum Gasteiger partial charge on any atom is -0.328 e. The van der Waals surface area contributed by atoms with Gasteiger partial charge in [-0.15, -0.1) is 0 Å². The summed E-state index contributed by atoms with van der Waals surface area (Å²) in [4.78, 5) is 33.6. The predicted octanol–water partition coefficient (Wildman–Crippen LogP) is 6.04. The number of amides is 1. The molecule has 4 aromatic rings. The van der Waals surface area contributed by atoms with Crippen LogP contribution >= 0.6 is 15.9 Å². The highest BCUT2D eigenvalue weighted by Gasteiger charge is 2.26. The van der Waals surface area contributed by atoms with Crippen molar-refractivity contribution in [1.29, 1.82) is 0 Å². The van der Waals surface area contributed by atoms with E-state index in [4.69, 9.17) is 4.98 Å². The summed E-state index contributed by atoms with van der Waals surface area (Å²) in [6.45, 7) is 4.39. The maximum absolute atomic E-state index is 13.6. The molecule has 0 saturated heterocycles. The maximum Gasteiger partial charge on any atom is 0.266 e. The average Bonchev–Trinajstić information content (AvgIpc) is 2.83. The Morgan fingerprint density at radius 3 is 2.36 bits per heavy atom. The lowest BCUT2D eigenvalue weighted by Crippen LogP contribution is -2.37. The van der Waals surface area contributed by atoms with E-state index in [1.165, 1.54) is 0 Å². The first-order chi connectivity index (χ1) is 16.0. The molecule has 0 bridgehead atoms. The Kier molecular flexibility index (Phi) is 7.04. The lowest BCUT2D eigenvalue weighted by atomic mass is 10.1. The van der Waals surface area contributed by atoms with Gasteiger partial charge in [0.2, 0.25) is 5.91 Å². The van der Waals surface area contributed by atoms with Crippen molar-refractivity contribution in [3.63, 3.8) is 0 Å². The first-order valence-corrected chi connectivity index (χ1v) is 11.9. The molecule has 5 nitrogen and oxygen atoms in total. The van der Waals surface area contributed by atoms with Crippen molar-refractivity contribution >= 4 is 32.7 Å². The Hall–Kier alpha value is -3.25. The minimum atomic E-state index is -0.412. The molecule has 1 aromatic heterocycles. The lowest BCUT2D eigenvalue weighted by molar-refractivity contribution is -0.134. The molecular formula is C27H26BrN3O2. The predicted molar refractivity (Wildman–Crippen MR) is 135 cm³/mol. The van der Waals surface area contributed by atoms with E-state index in [2.05, 4.69) is 15.9 Å². The van der Waals surface area contributed by atoms with E-state index >= 15 is 0 Å². The van der Waals surface area contributed by atoms with Crippen molar-refractivity contribution in [1.82, 2.24) is 14.5 Å². The molecule has 0 spiro atoms. The molecule has 4 rings (SSSR count). The molecule has 33 heavy (non-hydrogen) atoms. The highest BCUT2D eigenvalue weighted by atomic mass is 79.9. The van der Waals surface area contributed by atoms with E-state index in [1.807, 2.05) is 91.5 Å². The Labute approximate surface area is 201 Å². The summed E-state index contributed by atoms with van der Waals surface area (Å²) in [5.74, 6) is 0.583. The standard InChI is InChI=1S/C27H26BrN3O2/c1-3-9-25(32)30(18-20-10-5-4-6-11-20)19(2)26-29-24-13-8-7-12-23(24)27(33)31(26)22-16-14-21(28)15-17-22/h4-8,10-17,19H,3,9,18H2,1-2H3. The monoisotopic (exact) mass is 503 g/mol. The van der Waals surface area contributed by atoms with Crippen LogP contribution < -0.4 is 5.56 Å². The second-order valence-corrected chi connectivity index (χ2v) is 8.95. The third-order valence-electron chi connectivity index (χ3n) is 5.71. The van der Waals surface area contributed by atoms with Gasteiger partial charge in [0.15, 0.2) is 0 Å². The van der Waals surface area contributed by atoms with Crippen molar-refractivity contribution in [2.75, 3.05) is 0 Å². The fourth-order valence-corrected chi connectivity index (χ4v) is 4.25. The Bertz CT molecular complexity index is 1320. The molecule has 0 radical (unpaired) electrons. The maximum atomic E-state index is 13.6. The molecule has 168 valence electrons. The van der Waals surface area contributed by atoms with Gasteiger partial charge in [-0.05, 0) is 55.3 Å². The molecule has 0 N–H and O–H groups in total. The third-order valence-corrected chi connectivity index (χ3v) is 6.24. The van der Waals surface area contributed by atoms with Crippen LogP contribution in [-0.4, -0.2) is 20.4 Å². The number of rotatable bonds is 7. The van der Waals surface area contributed by atoms with Gasteiger partial charge in [0.1, 0.15) is 5.82 Å². The quantitative estimate of drug-likeness (QED) is 0.309. The SMILES string of the molecule is CCCC(=O)N(Cc1ccccc1)C(C)c1nc2ccccc2c(=O)n1-c1ccc(Br)cc1. The molecule has 1 atom stereocenters. The Morgan fingerprint density at radius 1 is 1.00 bits per heavy atom. The molecule has 3 aromatic carbocycles. The molecule has 1 amide bonds. The third kappa shape index (κ3) is 4.91. The highest BCUT2D eigenvalue weighted by molar-refractivity contribution is 9.10. The van der Waals surface area contributed by atoms with Crippen LogP contribution in [0.1, 0.15) is 44.1 Å². The highest BCUT2D eigenvalue weighted by Crippen LogP contribution is 2.26. The number of halogens is 1. The van der Waals surface area contributed by atoms with Crippen LogP contribution in [0.2, 0.25) is 0 Å². The largest absolute Gasteiger partial charge is 0.328 e. The number of hydrogen-bond acceptors (Lipinski definition) is 3. The van der Waals surface area contributed by atoms with E-state index in [9.17, 15) is 9.59 Å². The van der Waals surface area contributed by atoms with Crippen molar-refractivity contribution in [2.24, 2.45) is 0 Å². The lowest BCUT2D eigenvalue weighted by Gasteiger charge is -2.31. The van der Waals surface area contributed by atoms with Crippen molar-refractivity contribution in [2.45, 2.75) is 39.3 Å². The van der Waals surface area contributed by atoms with E-state index in [1.54, 1.807) is 10.6 Å². The number of carbonyl (C=O) groups excluding carboxylic acids is 1. The van der Waals surface area contributed by atoms with Crippen LogP contribution in [0.5, 0.6) is 0 Å². The molecule has 0 aliphatic rings. The summed E-state index contributed by atoms with van der Waals surface area (Å²) >= 11 is 3.46. The number of fused-ring (bicyclic) bond motifs is 1. The minimum absolute atomic E-state index is 0.0404. The zero-order chi connectivity index (χ0) is 23.4. The van der Waals surface area contributed by atoms with Gasteiger partial charge in [0.05, 0.1) is 22.6 Å². The molecular weight excluding hydrogens is 478 g/mol. The number of aromatic nitrogens is 2. The van der Waals surface area contributed by atoms with E-state index < -0.39 is 6.04 Å². The normalized spacial score (nSPS) is 12.0. The summed E-state index contributed by atoms with van der Waals surface area (Å²) in [7, 11) is 0. The number of carbonyl (C=O) groups is 1. The number of benzene rings is 3. The fraction of sp³-hybridized carbons (Fsp3) is 0.222. The van der Waals surface area contributed by atoms with Gasteiger partial charge >= 0.3 is 0 Å². The fourth-order valence-electron chi connectivity index (χ4n) is 3.99. The molecule has 6 heteroatoms. The Balaban J connectivity index is 1.89. The molecule has 0 aliphatic carbocycles. The molecule has 0 saturated carbocycles. The van der Waals surface area contributed by atoms with Gasteiger partial charge in [0.25, 0.3) is 5.56 Å². The molecule has 0 fully saturated rings. The first-order valence-electron chi connectivity index (χ1n) is 11.1. The van der Waals surface area contributed by atoms with E-state index in [-0.39, 0.29) is 11.5 Å².